The molecule has 8 nitrogen and oxygen atoms in total. The molecule has 0 saturated heterocycles. The SMILES string of the molecule is CC1(C)OC(=O)Nc2ccc(OCCCCS(=O)(=O)c3ncccn3)cc21. The van der Waals surface area contributed by atoms with Gasteiger partial charge in [0, 0.05) is 18.0 Å². The molecule has 2 aromatic rings. The van der Waals surface area contributed by atoms with Crippen LogP contribution in [0.15, 0.2) is 41.8 Å². The molecule has 27 heavy (non-hydrogen) atoms. The molecule has 0 atom stereocenters. The van der Waals surface area contributed by atoms with Gasteiger partial charge in [-0.2, -0.15) is 0 Å². The Morgan fingerprint density at radius 2 is 1.93 bits per heavy atom. The van der Waals surface area contributed by atoms with Gasteiger partial charge in [0.1, 0.15) is 11.4 Å². The maximum atomic E-state index is 12.1. The molecule has 1 aliphatic rings. The Balaban J connectivity index is 1.52. The Kier molecular flexibility index (Phi) is 5.31. The summed E-state index contributed by atoms with van der Waals surface area (Å²) in [5.74, 6) is 0.605. The molecule has 144 valence electrons. The monoisotopic (exact) mass is 391 g/mol. The van der Waals surface area contributed by atoms with E-state index in [1.165, 1.54) is 12.4 Å². The predicted octanol–water partition coefficient (Wildman–Crippen LogP) is 2.91. The maximum absolute atomic E-state index is 12.1. The zero-order valence-corrected chi connectivity index (χ0v) is 16.0. The number of aromatic nitrogens is 2. The molecule has 2 heterocycles. The number of benzene rings is 1. The van der Waals surface area contributed by atoms with E-state index < -0.39 is 21.5 Å². The lowest BCUT2D eigenvalue weighted by Crippen LogP contribution is -2.34. The average molecular weight is 391 g/mol. The van der Waals surface area contributed by atoms with Gasteiger partial charge in [0.25, 0.3) is 0 Å². The van der Waals surface area contributed by atoms with Crippen molar-refractivity contribution in [2.75, 3.05) is 17.7 Å². The van der Waals surface area contributed by atoms with Gasteiger partial charge in [0.15, 0.2) is 0 Å². The number of nitrogens with zero attached hydrogens (tertiary/aromatic N) is 2. The molecule has 9 heteroatoms. The van der Waals surface area contributed by atoms with E-state index >= 15 is 0 Å². The van der Waals surface area contributed by atoms with Crippen LogP contribution in [0, 0.1) is 0 Å². The van der Waals surface area contributed by atoms with Crippen LogP contribution in [0.2, 0.25) is 0 Å². The van der Waals surface area contributed by atoms with E-state index in [0.717, 1.165) is 5.56 Å². The van der Waals surface area contributed by atoms with E-state index in [2.05, 4.69) is 15.3 Å². The van der Waals surface area contributed by atoms with Crippen molar-refractivity contribution in [2.45, 2.75) is 37.4 Å². The number of hydrogen-bond acceptors (Lipinski definition) is 7. The number of amides is 1. The summed E-state index contributed by atoms with van der Waals surface area (Å²) in [7, 11) is -3.47. The van der Waals surface area contributed by atoms with E-state index in [1.807, 2.05) is 19.9 Å². The molecule has 0 bridgehead atoms. The second-order valence-corrected chi connectivity index (χ2v) is 8.64. The highest BCUT2D eigenvalue weighted by molar-refractivity contribution is 7.91. The third kappa shape index (κ3) is 4.54. The average Bonchev–Trinajstić information content (AvgIpc) is 2.62. The molecule has 0 unspecified atom stereocenters. The van der Waals surface area contributed by atoms with Crippen LogP contribution in [0.4, 0.5) is 10.5 Å². The van der Waals surface area contributed by atoms with Gasteiger partial charge in [-0.15, -0.1) is 0 Å². The summed E-state index contributed by atoms with van der Waals surface area (Å²) in [5, 5.41) is 2.51. The summed E-state index contributed by atoms with van der Waals surface area (Å²) < 4.78 is 35.2. The van der Waals surface area contributed by atoms with Crippen LogP contribution in [0.1, 0.15) is 32.3 Å². The summed E-state index contributed by atoms with van der Waals surface area (Å²) in [4.78, 5) is 19.1. The van der Waals surface area contributed by atoms with Crippen molar-refractivity contribution in [1.29, 1.82) is 0 Å². The fraction of sp³-hybridized carbons (Fsp3) is 0.389. The summed E-state index contributed by atoms with van der Waals surface area (Å²) in [6, 6.07) is 6.92. The number of ether oxygens (including phenoxy) is 2. The summed E-state index contributed by atoms with van der Waals surface area (Å²) >= 11 is 0. The highest BCUT2D eigenvalue weighted by Crippen LogP contribution is 2.37. The Bertz CT molecular complexity index is 929. The molecule has 1 amide bonds. The highest BCUT2D eigenvalue weighted by Gasteiger charge is 2.33. The Labute approximate surface area is 157 Å². The minimum absolute atomic E-state index is 0.0303. The summed E-state index contributed by atoms with van der Waals surface area (Å²) in [5.41, 5.74) is 0.766. The topological polar surface area (TPSA) is 107 Å². The fourth-order valence-electron chi connectivity index (χ4n) is 2.76. The van der Waals surface area contributed by atoms with Gasteiger partial charge >= 0.3 is 6.09 Å². The molecule has 0 spiro atoms. The number of unbranched alkanes of at least 4 members (excludes halogenated alkanes) is 1. The molecule has 3 rings (SSSR count). The van der Waals surface area contributed by atoms with Gasteiger partial charge in [-0.1, -0.05) is 0 Å². The first-order valence-corrected chi connectivity index (χ1v) is 10.2. The predicted molar refractivity (Wildman–Crippen MR) is 98.4 cm³/mol. The number of anilines is 1. The minimum Gasteiger partial charge on any atom is -0.494 e. The molecular formula is C18H21N3O5S. The van der Waals surface area contributed by atoms with Gasteiger partial charge in [0.05, 0.1) is 18.0 Å². The van der Waals surface area contributed by atoms with Crippen LogP contribution in [0.25, 0.3) is 0 Å². The zero-order chi connectivity index (χ0) is 19.5. The van der Waals surface area contributed by atoms with Gasteiger partial charge in [0.2, 0.25) is 15.0 Å². The molecule has 1 aliphatic heterocycles. The van der Waals surface area contributed by atoms with Crippen molar-refractivity contribution in [1.82, 2.24) is 9.97 Å². The van der Waals surface area contributed by atoms with Crippen molar-refractivity contribution < 1.29 is 22.7 Å². The third-order valence-electron chi connectivity index (χ3n) is 4.12. The van der Waals surface area contributed by atoms with Gasteiger partial charge in [-0.25, -0.2) is 23.2 Å². The third-order valence-corrected chi connectivity index (χ3v) is 5.71. The fourth-order valence-corrected chi connectivity index (χ4v) is 3.97. The molecule has 0 saturated carbocycles. The van der Waals surface area contributed by atoms with Gasteiger partial charge in [-0.05, 0) is 51.0 Å². The molecule has 1 aromatic heterocycles. The number of carbonyl (C=O) groups is 1. The van der Waals surface area contributed by atoms with Crippen molar-refractivity contribution in [3.05, 3.63) is 42.2 Å². The number of sulfone groups is 1. The second-order valence-electron chi connectivity index (χ2n) is 6.64. The van der Waals surface area contributed by atoms with Crippen LogP contribution in [0.5, 0.6) is 5.75 Å². The first kappa shape index (κ1) is 19.1. The largest absolute Gasteiger partial charge is 0.494 e. The van der Waals surface area contributed by atoms with Crippen LogP contribution in [0.3, 0.4) is 0 Å². The Morgan fingerprint density at radius 3 is 2.67 bits per heavy atom. The number of fused-ring (bicyclic) bond motifs is 1. The normalized spacial score (nSPS) is 15.4. The lowest BCUT2D eigenvalue weighted by molar-refractivity contribution is 0.0418. The lowest BCUT2D eigenvalue weighted by atomic mass is 9.94. The lowest BCUT2D eigenvalue weighted by Gasteiger charge is -2.32. The number of nitrogens with one attached hydrogen (secondary N) is 1. The molecule has 0 aliphatic carbocycles. The van der Waals surface area contributed by atoms with Gasteiger partial charge in [-0.3, -0.25) is 5.32 Å². The molecule has 0 radical (unpaired) electrons. The first-order valence-electron chi connectivity index (χ1n) is 8.55. The number of rotatable bonds is 7. The van der Waals surface area contributed by atoms with E-state index in [9.17, 15) is 13.2 Å². The van der Waals surface area contributed by atoms with E-state index in [0.29, 0.717) is 30.9 Å². The van der Waals surface area contributed by atoms with Crippen LogP contribution in [-0.2, 0) is 20.2 Å². The second kappa shape index (κ2) is 7.51. The smallest absolute Gasteiger partial charge is 0.412 e. The number of cyclic esters (lactones) is 1. The molecule has 1 N–H and O–H groups in total. The van der Waals surface area contributed by atoms with Gasteiger partial charge < -0.3 is 9.47 Å². The maximum Gasteiger partial charge on any atom is 0.412 e. The van der Waals surface area contributed by atoms with Crippen molar-refractivity contribution in [3.63, 3.8) is 0 Å². The zero-order valence-electron chi connectivity index (χ0n) is 15.1. The Hall–Kier alpha value is -2.68. The van der Waals surface area contributed by atoms with E-state index in [4.69, 9.17) is 9.47 Å². The first-order chi connectivity index (χ1) is 12.8. The number of carbonyl (C=O) groups excluding carboxylic acids is 1. The standard InChI is InChI=1S/C18H21N3O5S/c1-18(2)14-12-13(6-7-15(14)21-17(22)26-18)25-10-3-4-11-27(23,24)16-19-8-5-9-20-16/h5-9,12H,3-4,10-11H2,1-2H3,(H,21,22). The van der Waals surface area contributed by atoms with Crippen molar-refractivity contribution in [2.24, 2.45) is 0 Å². The quantitative estimate of drug-likeness (QED) is 0.571. The van der Waals surface area contributed by atoms with E-state index in [1.54, 1.807) is 18.2 Å². The minimum atomic E-state index is -3.47. The van der Waals surface area contributed by atoms with Crippen molar-refractivity contribution in [3.8, 4) is 5.75 Å². The van der Waals surface area contributed by atoms with Crippen LogP contribution < -0.4 is 10.1 Å². The van der Waals surface area contributed by atoms with Crippen LogP contribution >= 0.6 is 0 Å². The van der Waals surface area contributed by atoms with E-state index in [-0.39, 0.29) is 10.9 Å². The summed E-state index contributed by atoms with van der Waals surface area (Å²) in [6.07, 6.45) is 3.35. The molecular weight excluding hydrogens is 370 g/mol. The van der Waals surface area contributed by atoms with Crippen molar-refractivity contribution >= 4 is 21.6 Å². The van der Waals surface area contributed by atoms with Crippen LogP contribution in [-0.4, -0.2) is 36.8 Å². The number of hydrogen-bond donors (Lipinski definition) is 1. The molecule has 1 aromatic carbocycles. The molecule has 0 fully saturated rings. The highest BCUT2D eigenvalue weighted by atomic mass is 32.2. The summed E-state index contributed by atoms with van der Waals surface area (Å²) in [6.45, 7) is 3.99. The Morgan fingerprint density at radius 1 is 1.19 bits per heavy atom.